The Morgan fingerprint density at radius 1 is 1.03 bits per heavy atom. The number of aliphatic carboxylic acids is 1. The number of carboxylic acid groups (broad SMARTS) is 1. The highest BCUT2D eigenvalue weighted by molar-refractivity contribution is 5.83. The first-order chi connectivity index (χ1) is 18.1. The lowest BCUT2D eigenvalue weighted by Gasteiger charge is -2.09. The number of hydrogen-bond acceptors (Lipinski definition) is 7. The van der Waals surface area contributed by atoms with Gasteiger partial charge in [0.15, 0.2) is 0 Å². The molecule has 194 valence electrons. The molecule has 38 heavy (non-hydrogen) atoms. The van der Waals surface area contributed by atoms with Crippen molar-refractivity contribution in [1.29, 1.82) is 0 Å². The summed E-state index contributed by atoms with van der Waals surface area (Å²) in [4.78, 5) is 22.0. The number of nitrogens with one attached hydrogen (secondary N) is 1. The Labute approximate surface area is 214 Å². The van der Waals surface area contributed by atoms with Gasteiger partial charge >= 0.3 is 12.1 Å². The molecule has 0 radical (unpaired) electrons. The van der Waals surface area contributed by atoms with E-state index >= 15 is 0 Å². The second-order valence-electron chi connectivity index (χ2n) is 7.98. The van der Waals surface area contributed by atoms with Gasteiger partial charge in [0.05, 0.1) is 5.52 Å². The van der Waals surface area contributed by atoms with Gasteiger partial charge < -0.3 is 25.5 Å². The number of rotatable bonds is 5. The van der Waals surface area contributed by atoms with Gasteiger partial charge in [-0.05, 0) is 67.1 Å². The number of halogens is 3. The fourth-order valence-corrected chi connectivity index (χ4v) is 3.47. The van der Waals surface area contributed by atoms with Gasteiger partial charge in [0.2, 0.25) is 11.8 Å². The van der Waals surface area contributed by atoms with Crippen LogP contribution < -0.4 is 15.8 Å². The maximum atomic E-state index is 10.6. The average Bonchev–Trinajstić information content (AvgIpc) is 3.27. The van der Waals surface area contributed by atoms with Gasteiger partial charge in [0.25, 0.3) is 0 Å². The predicted molar refractivity (Wildman–Crippen MR) is 136 cm³/mol. The highest BCUT2D eigenvalue weighted by Gasteiger charge is 2.38. The number of nitrogens with zero attached hydrogens (tertiary/aromatic N) is 4. The van der Waals surface area contributed by atoms with Crippen LogP contribution in [0.4, 0.5) is 30.5 Å². The SMILES string of the molecule is Cc1cc(N)cc(Nc2nccc(Oc3ccc4c(ccn4-c4ccccn4)c3)n2)c1.O=C(O)C(F)(F)F. The van der Waals surface area contributed by atoms with Crippen molar-refractivity contribution in [2.45, 2.75) is 13.1 Å². The van der Waals surface area contributed by atoms with Crippen LogP contribution in [0.25, 0.3) is 16.7 Å². The Morgan fingerprint density at radius 3 is 2.50 bits per heavy atom. The van der Waals surface area contributed by atoms with E-state index in [4.69, 9.17) is 20.4 Å². The molecule has 2 aromatic carbocycles. The number of benzene rings is 2. The van der Waals surface area contributed by atoms with Gasteiger partial charge in [-0.15, -0.1) is 0 Å². The molecule has 0 bridgehead atoms. The molecule has 0 unspecified atom stereocenters. The zero-order chi connectivity index (χ0) is 27.3. The van der Waals surface area contributed by atoms with E-state index in [0.29, 0.717) is 23.3 Å². The third-order valence-corrected chi connectivity index (χ3v) is 5.01. The van der Waals surface area contributed by atoms with Crippen molar-refractivity contribution < 1.29 is 27.8 Å². The lowest BCUT2D eigenvalue weighted by Crippen LogP contribution is -2.21. The summed E-state index contributed by atoms with van der Waals surface area (Å²) < 4.78 is 39.8. The molecule has 9 nitrogen and oxygen atoms in total. The number of nitrogens with two attached hydrogens (primary N) is 1. The molecule has 0 aliphatic heterocycles. The third-order valence-electron chi connectivity index (χ3n) is 5.01. The maximum Gasteiger partial charge on any atom is 0.490 e. The summed E-state index contributed by atoms with van der Waals surface area (Å²) in [5.74, 6) is -0.316. The Morgan fingerprint density at radius 2 is 1.82 bits per heavy atom. The van der Waals surface area contributed by atoms with E-state index in [0.717, 1.165) is 28.0 Å². The first-order valence-electron chi connectivity index (χ1n) is 11.1. The molecule has 5 rings (SSSR count). The van der Waals surface area contributed by atoms with E-state index in [1.54, 1.807) is 18.5 Å². The monoisotopic (exact) mass is 522 g/mol. The highest BCUT2D eigenvalue weighted by Crippen LogP contribution is 2.27. The van der Waals surface area contributed by atoms with E-state index in [1.165, 1.54) is 0 Å². The molecule has 0 aliphatic rings. The second kappa shape index (κ2) is 10.9. The number of anilines is 3. The van der Waals surface area contributed by atoms with Crippen LogP contribution in [0, 0.1) is 6.92 Å². The molecule has 0 fully saturated rings. The number of aryl methyl sites for hydroxylation is 1. The van der Waals surface area contributed by atoms with Crippen molar-refractivity contribution in [3.8, 4) is 17.4 Å². The molecule has 0 aliphatic carbocycles. The molecule has 3 aromatic heterocycles. The molecule has 5 aromatic rings. The number of fused-ring (bicyclic) bond motifs is 1. The Bertz CT molecular complexity index is 1550. The van der Waals surface area contributed by atoms with Crippen LogP contribution in [-0.4, -0.2) is 36.8 Å². The minimum atomic E-state index is -5.08. The van der Waals surface area contributed by atoms with Crippen LogP contribution >= 0.6 is 0 Å². The standard InChI is InChI=1S/C24H20N6O.C2HF3O2/c1-16-12-18(25)15-19(13-16)28-24-27-10-7-23(29-24)31-20-5-6-21-17(14-20)8-11-30(21)22-4-2-3-9-26-22;3-2(4,5)1(6)7/h2-15H,25H2,1H3,(H,27,28,29);(H,6,7). The summed E-state index contributed by atoms with van der Waals surface area (Å²) in [5.41, 5.74) is 9.53. The summed E-state index contributed by atoms with van der Waals surface area (Å²) in [6, 6.07) is 21.2. The van der Waals surface area contributed by atoms with Crippen molar-refractivity contribution in [3.05, 3.63) is 90.9 Å². The van der Waals surface area contributed by atoms with Gasteiger partial charge in [-0.2, -0.15) is 18.2 Å². The largest absolute Gasteiger partial charge is 0.490 e. The van der Waals surface area contributed by atoms with E-state index in [-0.39, 0.29) is 0 Å². The minimum Gasteiger partial charge on any atom is -0.475 e. The van der Waals surface area contributed by atoms with Crippen LogP contribution in [-0.2, 0) is 4.79 Å². The third kappa shape index (κ3) is 6.55. The molecule has 4 N–H and O–H groups in total. The van der Waals surface area contributed by atoms with E-state index in [9.17, 15) is 13.2 Å². The van der Waals surface area contributed by atoms with E-state index < -0.39 is 12.1 Å². The smallest absolute Gasteiger partial charge is 0.475 e. The zero-order valence-electron chi connectivity index (χ0n) is 19.8. The number of carbonyl (C=O) groups is 1. The van der Waals surface area contributed by atoms with Gasteiger partial charge in [0.1, 0.15) is 11.6 Å². The number of carboxylic acids is 1. The lowest BCUT2D eigenvalue weighted by molar-refractivity contribution is -0.192. The summed E-state index contributed by atoms with van der Waals surface area (Å²) >= 11 is 0. The lowest BCUT2D eigenvalue weighted by atomic mass is 10.2. The fraction of sp³-hybridized carbons (Fsp3) is 0.0769. The summed E-state index contributed by atoms with van der Waals surface area (Å²) in [5, 5.41) is 11.3. The second-order valence-corrected chi connectivity index (χ2v) is 7.98. The van der Waals surface area contributed by atoms with Crippen LogP contribution in [0.15, 0.2) is 85.3 Å². The molecule has 0 saturated heterocycles. The number of hydrogen-bond donors (Lipinski definition) is 3. The first-order valence-corrected chi connectivity index (χ1v) is 11.1. The van der Waals surface area contributed by atoms with E-state index in [2.05, 4.69) is 20.3 Å². The molecule has 12 heteroatoms. The van der Waals surface area contributed by atoms with Gasteiger partial charge in [0, 0.05) is 41.4 Å². The maximum absolute atomic E-state index is 10.6. The van der Waals surface area contributed by atoms with Crippen LogP contribution in [0.3, 0.4) is 0 Å². The Balaban J connectivity index is 0.000000426. The van der Waals surface area contributed by atoms with Gasteiger partial charge in [-0.1, -0.05) is 6.07 Å². The van der Waals surface area contributed by atoms with Crippen molar-refractivity contribution in [1.82, 2.24) is 19.5 Å². The van der Waals surface area contributed by atoms with Crippen molar-refractivity contribution in [2.75, 3.05) is 11.1 Å². The van der Waals surface area contributed by atoms with Crippen LogP contribution in [0.2, 0.25) is 0 Å². The molecular formula is C26H21F3N6O3. The summed E-state index contributed by atoms with van der Waals surface area (Å²) in [6.45, 7) is 1.99. The number of aromatic nitrogens is 4. The molecular weight excluding hydrogens is 501 g/mol. The average molecular weight is 522 g/mol. The Kier molecular flexibility index (Phi) is 7.42. The summed E-state index contributed by atoms with van der Waals surface area (Å²) in [7, 11) is 0. The molecule has 3 heterocycles. The predicted octanol–water partition coefficient (Wildman–Crippen LogP) is 5.88. The van der Waals surface area contributed by atoms with Gasteiger partial charge in [-0.25, -0.2) is 14.8 Å². The number of ether oxygens (including phenoxy) is 1. The molecule has 0 atom stereocenters. The van der Waals surface area contributed by atoms with Crippen LogP contribution in [0.1, 0.15) is 5.56 Å². The number of nitrogen functional groups attached to an aromatic ring is 1. The minimum absolute atomic E-state index is 0.435. The normalized spacial score (nSPS) is 10.9. The number of pyridine rings is 1. The quantitative estimate of drug-likeness (QED) is 0.244. The number of alkyl halides is 3. The van der Waals surface area contributed by atoms with E-state index in [1.807, 2.05) is 78.4 Å². The van der Waals surface area contributed by atoms with Gasteiger partial charge in [-0.3, -0.25) is 0 Å². The summed E-state index contributed by atoms with van der Waals surface area (Å²) in [6.07, 6.45) is 0.349. The molecule has 0 spiro atoms. The fourth-order valence-electron chi connectivity index (χ4n) is 3.47. The van der Waals surface area contributed by atoms with Crippen molar-refractivity contribution >= 4 is 34.2 Å². The first kappa shape index (κ1) is 25.9. The topological polar surface area (TPSA) is 128 Å². The van der Waals surface area contributed by atoms with Crippen molar-refractivity contribution in [2.24, 2.45) is 0 Å². The van der Waals surface area contributed by atoms with Crippen LogP contribution in [0.5, 0.6) is 11.6 Å². The zero-order valence-corrected chi connectivity index (χ0v) is 19.8. The Hall–Kier alpha value is -5.13. The van der Waals surface area contributed by atoms with Crippen molar-refractivity contribution in [3.63, 3.8) is 0 Å². The molecule has 0 saturated carbocycles. The highest BCUT2D eigenvalue weighted by atomic mass is 19.4. The molecule has 0 amide bonds.